The van der Waals surface area contributed by atoms with Crippen molar-refractivity contribution in [1.29, 1.82) is 0 Å². The zero-order chi connectivity index (χ0) is 13.9. The van der Waals surface area contributed by atoms with Crippen LogP contribution in [0, 0.1) is 5.92 Å². The number of rotatable bonds is 4. The molecule has 0 N–H and O–H groups in total. The van der Waals surface area contributed by atoms with Gasteiger partial charge in [-0.1, -0.05) is 22.0 Å². The Balaban J connectivity index is 2.19. The highest BCUT2D eigenvalue weighted by Gasteiger charge is 2.30. The number of halogens is 1. The van der Waals surface area contributed by atoms with Crippen LogP contribution in [-0.2, 0) is 14.8 Å². The third-order valence-electron chi connectivity index (χ3n) is 3.32. The lowest BCUT2D eigenvalue weighted by Crippen LogP contribution is -2.41. The Kier molecular flexibility index (Phi) is 5.00. The zero-order valence-corrected chi connectivity index (χ0v) is 13.3. The van der Waals surface area contributed by atoms with Gasteiger partial charge in [-0.15, -0.1) is 0 Å². The number of methoxy groups -OCH3 is 1. The van der Waals surface area contributed by atoms with Gasteiger partial charge in [0.05, 0.1) is 11.5 Å². The van der Waals surface area contributed by atoms with Gasteiger partial charge < -0.3 is 4.74 Å². The minimum atomic E-state index is -3.39. The second kappa shape index (κ2) is 6.35. The summed E-state index contributed by atoms with van der Waals surface area (Å²) in [4.78, 5) is 0.347. The molecule has 1 saturated heterocycles. The molecular weight excluding hydrogens is 330 g/mol. The van der Waals surface area contributed by atoms with E-state index in [1.807, 2.05) is 6.07 Å². The summed E-state index contributed by atoms with van der Waals surface area (Å²) in [5.74, 6) is 0.292. The average molecular weight is 348 g/mol. The van der Waals surface area contributed by atoms with Crippen molar-refractivity contribution in [2.45, 2.75) is 17.7 Å². The monoisotopic (exact) mass is 347 g/mol. The van der Waals surface area contributed by atoms with Crippen molar-refractivity contribution < 1.29 is 13.2 Å². The molecule has 0 bridgehead atoms. The third-order valence-corrected chi connectivity index (χ3v) is 5.67. The fourth-order valence-corrected chi connectivity index (χ4v) is 4.55. The van der Waals surface area contributed by atoms with Crippen LogP contribution >= 0.6 is 15.9 Å². The number of benzene rings is 1. The summed E-state index contributed by atoms with van der Waals surface area (Å²) in [5, 5.41) is 0. The molecule has 1 atom stereocenters. The summed E-state index contributed by atoms with van der Waals surface area (Å²) < 4.78 is 32.6. The van der Waals surface area contributed by atoms with Crippen LogP contribution in [0.15, 0.2) is 33.6 Å². The first kappa shape index (κ1) is 15.0. The molecule has 1 aliphatic heterocycles. The maximum atomic E-state index is 12.6. The Morgan fingerprint density at radius 3 is 2.95 bits per heavy atom. The summed E-state index contributed by atoms with van der Waals surface area (Å²) in [7, 11) is -1.73. The molecule has 2 rings (SSSR count). The first-order chi connectivity index (χ1) is 9.04. The molecule has 0 radical (unpaired) electrons. The number of hydrogen-bond acceptors (Lipinski definition) is 3. The van der Waals surface area contributed by atoms with Gasteiger partial charge in [0.25, 0.3) is 0 Å². The smallest absolute Gasteiger partial charge is 0.243 e. The summed E-state index contributed by atoms with van der Waals surface area (Å²) in [5.41, 5.74) is 0. The number of nitrogens with zero attached hydrogens (tertiary/aromatic N) is 1. The van der Waals surface area contributed by atoms with E-state index in [1.165, 1.54) is 0 Å². The minimum absolute atomic E-state index is 0.292. The second-order valence-corrected chi connectivity index (χ2v) is 7.64. The van der Waals surface area contributed by atoms with Gasteiger partial charge >= 0.3 is 0 Å². The molecule has 0 saturated carbocycles. The quantitative estimate of drug-likeness (QED) is 0.840. The van der Waals surface area contributed by atoms with Crippen LogP contribution in [0.1, 0.15) is 12.8 Å². The molecule has 6 heteroatoms. The first-order valence-electron chi connectivity index (χ1n) is 6.28. The van der Waals surface area contributed by atoms with Crippen molar-refractivity contribution in [3.8, 4) is 0 Å². The molecule has 1 aromatic carbocycles. The second-order valence-electron chi connectivity index (χ2n) is 4.78. The van der Waals surface area contributed by atoms with E-state index in [-0.39, 0.29) is 0 Å². The molecule has 1 aromatic rings. The highest BCUT2D eigenvalue weighted by atomic mass is 79.9. The predicted octanol–water partition coefficient (Wildman–Crippen LogP) is 2.50. The number of ether oxygens (including phenoxy) is 1. The molecule has 4 nitrogen and oxygen atoms in total. The summed E-state index contributed by atoms with van der Waals surface area (Å²) in [6, 6.07) is 6.85. The zero-order valence-electron chi connectivity index (χ0n) is 10.9. The van der Waals surface area contributed by atoms with Crippen LogP contribution in [0.3, 0.4) is 0 Å². The van der Waals surface area contributed by atoms with Gasteiger partial charge in [-0.05, 0) is 37.0 Å². The van der Waals surface area contributed by atoms with Gasteiger partial charge in [-0.25, -0.2) is 8.42 Å². The molecule has 0 aliphatic carbocycles. The van der Waals surface area contributed by atoms with Gasteiger partial charge in [0.1, 0.15) is 0 Å². The van der Waals surface area contributed by atoms with Crippen molar-refractivity contribution in [3.63, 3.8) is 0 Å². The first-order valence-corrected chi connectivity index (χ1v) is 8.52. The van der Waals surface area contributed by atoms with Gasteiger partial charge in [-0.2, -0.15) is 4.31 Å². The van der Waals surface area contributed by atoms with E-state index in [0.717, 1.165) is 17.3 Å². The van der Waals surface area contributed by atoms with Gasteiger partial charge in [-0.3, -0.25) is 0 Å². The highest BCUT2D eigenvalue weighted by molar-refractivity contribution is 9.10. The van der Waals surface area contributed by atoms with E-state index in [2.05, 4.69) is 15.9 Å². The number of sulfonamides is 1. The van der Waals surface area contributed by atoms with E-state index < -0.39 is 10.0 Å². The number of hydrogen-bond donors (Lipinski definition) is 0. The van der Waals surface area contributed by atoms with Crippen LogP contribution in [0.2, 0.25) is 0 Å². The van der Waals surface area contributed by atoms with Crippen molar-refractivity contribution in [2.75, 3.05) is 26.8 Å². The summed E-state index contributed by atoms with van der Waals surface area (Å²) in [6.45, 7) is 1.75. The largest absolute Gasteiger partial charge is 0.384 e. The molecule has 1 unspecified atom stereocenters. The summed E-state index contributed by atoms with van der Waals surface area (Å²) in [6.07, 6.45) is 1.92. The van der Waals surface area contributed by atoms with E-state index in [1.54, 1.807) is 29.6 Å². The SMILES string of the molecule is COCC1CCCN(S(=O)(=O)c2cccc(Br)c2)C1. The van der Waals surface area contributed by atoms with E-state index in [0.29, 0.717) is 30.5 Å². The molecule has 1 heterocycles. The minimum Gasteiger partial charge on any atom is -0.384 e. The molecule has 1 fully saturated rings. The molecule has 1 aliphatic rings. The molecule has 0 amide bonds. The Bertz CT molecular complexity index is 530. The van der Waals surface area contributed by atoms with Crippen LogP contribution in [-0.4, -0.2) is 39.5 Å². The lowest BCUT2D eigenvalue weighted by Gasteiger charge is -2.31. The van der Waals surface area contributed by atoms with Gasteiger partial charge in [0.2, 0.25) is 10.0 Å². The summed E-state index contributed by atoms with van der Waals surface area (Å²) >= 11 is 3.31. The Labute approximate surface area is 122 Å². The van der Waals surface area contributed by atoms with Crippen LogP contribution < -0.4 is 0 Å². The molecule has 0 spiro atoms. The molecule has 0 aromatic heterocycles. The maximum absolute atomic E-state index is 12.6. The van der Waals surface area contributed by atoms with E-state index >= 15 is 0 Å². The Morgan fingerprint density at radius 1 is 1.47 bits per heavy atom. The van der Waals surface area contributed by atoms with Gasteiger partial charge in [0, 0.05) is 24.7 Å². The van der Waals surface area contributed by atoms with Crippen molar-refractivity contribution in [3.05, 3.63) is 28.7 Å². The lowest BCUT2D eigenvalue weighted by atomic mass is 10.0. The third kappa shape index (κ3) is 3.56. The Morgan fingerprint density at radius 2 is 2.26 bits per heavy atom. The van der Waals surface area contributed by atoms with Crippen LogP contribution in [0.4, 0.5) is 0 Å². The normalized spacial score (nSPS) is 21.5. The standard InChI is InChI=1S/C13H18BrNO3S/c1-18-10-11-4-3-7-15(9-11)19(16,17)13-6-2-5-12(14)8-13/h2,5-6,8,11H,3-4,7,9-10H2,1H3. The molecule has 19 heavy (non-hydrogen) atoms. The number of piperidine rings is 1. The average Bonchev–Trinajstić information content (AvgIpc) is 2.39. The highest BCUT2D eigenvalue weighted by Crippen LogP contribution is 2.25. The van der Waals surface area contributed by atoms with Crippen molar-refractivity contribution >= 4 is 26.0 Å². The Hall–Kier alpha value is -0.430. The van der Waals surface area contributed by atoms with Crippen LogP contribution in [0.5, 0.6) is 0 Å². The predicted molar refractivity (Wildman–Crippen MR) is 77.5 cm³/mol. The lowest BCUT2D eigenvalue weighted by molar-refractivity contribution is 0.118. The maximum Gasteiger partial charge on any atom is 0.243 e. The molecule has 106 valence electrons. The van der Waals surface area contributed by atoms with E-state index in [4.69, 9.17) is 4.74 Å². The van der Waals surface area contributed by atoms with Gasteiger partial charge in [0.15, 0.2) is 0 Å². The van der Waals surface area contributed by atoms with Crippen molar-refractivity contribution in [2.24, 2.45) is 5.92 Å². The fraction of sp³-hybridized carbons (Fsp3) is 0.538. The fourth-order valence-electron chi connectivity index (χ4n) is 2.39. The topological polar surface area (TPSA) is 46.6 Å². The van der Waals surface area contributed by atoms with Crippen LogP contribution in [0.25, 0.3) is 0 Å². The van der Waals surface area contributed by atoms with Crippen molar-refractivity contribution in [1.82, 2.24) is 4.31 Å². The molecular formula is C13H18BrNO3S. The van der Waals surface area contributed by atoms with E-state index in [9.17, 15) is 8.42 Å².